The van der Waals surface area contributed by atoms with Crippen molar-refractivity contribution in [3.05, 3.63) is 77.3 Å². The minimum absolute atomic E-state index is 0.256. The largest absolute Gasteiger partial charge is 0.497 e. The molecule has 3 N–H and O–H groups in total. The topological polar surface area (TPSA) is 114 Å². The number of amides is 1. The summed E-state index contributed by atoms with van der Waals surface area (Å²) in [6.45, 7) is 1.91. The van der Waals surface area contributed by atoms with E-state index in [9.17, 15) is 4.79 Å². The number of nitrogens with zero attached hydrogens (tertiary/aromatic N) is 3. The van der Waals surface area contributed by atoms with E-state index < -0.39 is 0 Å². The summed E-state index contributed by atoms with van der Waals surface area (Å²) in [5, 5.41) is 13.4. The minimum atomic E-state index is -0.256. The molecule has 2 heterocycles. The minimum Gasteiger partial charge on any atom is -0.497 e. The van der Waals surface area contributed by atoms with E-state index in [0.717, 1.165) is 59.8 Å². The van der Waals surface area contributed by atoms with Gasteiger partial charge in [0, 0.05) is 40.8 Å². The number of hydrogen-bond acceptors (Lipinski definition) is 8. The molecule has 1 aliphatic rings. The zero-order valence-corrected chi connectivity index (χ0v) is 19.6. The average molecular weight is 471 g/mol. The first kappa shape index (κ1) is 22.4. The van der Waals surface area contributed by atoms with Crippen LogP contribution < -0.4 is 20.7 Å². The number of nitrogens with one attached hydrogen (secondary N) is 3. The summed E-state index contributed by atoms with van der Waals surface area (Å²) in [6.07, 6.45) is 3.79. The van der Waals surface area contributed by atoms with Crippen molar-refractivity contribution in [3.63, 3.8) is 0 Å². The molecule has 2 aromatic heterocycles. The molecule has 1 amide bonds. The molecule has 1 aliphatic carbocycles. The lowest BCUT2D eigenvalue weighted by molar-refractivity contribution is 0.101. The molecule has 9 nitrogen and oxygen atoms in total. The number of anilines is 5. The highest BCUT2D eigenvalue weighted by Crippen LogP contribution is 2.26. The van der Waals surface area contributed by atoms with Gasteiger partial charge in [0.2, 0.25) is 5.95 Å². The third-order valence-corrected chi connectivity index (χ3v) is 5.78. The van der Waals surface area contributed by atoms with E-state index in [2.05, 4.69) is 31.1 Å². The van der Waals surface area contributed by atoms with Gasteiger partial charge in [0.05, 0.1) is 7.11 Å². The number of aryl methyl sites for hydroxylation is 2. The Hall–Kier alpha value is -4.40. The van der Waals surface area contributed by atoms with Crippen LogP contribution in [0.25, 0.3) is 0 Å². The molecule has 0 saturated carbocycles. The summed E-state index contributed by atoms with van der Waals surface area (Å²) in [5.74, 6) is 2.50. The van der Waals surface area contributed by atoms with Crippen molar-refractivity contribution in [2.75, 3.05) is 23.1 Å². The van der Waals surface area contributed by atoms with Crippen LogP contribution in [0, 0.1) is 6.92 Å². The molecule has 2 aromatic carbocycles. The number of fused-ring (bicyclic) bond motifs is 1. The molecule has 9 heteroatoms. The van der Waals surface area contributed by atoms with Gasteiger partial charge in [-0.15, -0.1) is 0 Å². The summed E-state index contributed by atoms with van der Waals surface area (Å²) < 4.78 is 10.6. The van der Waals surface area contributed by atoms with E-state index in [0.29, 0.717) is 23.1 Å². The molecule has 178 valence electrons. The van der Waals surface area contributed by atoms with Gasteiger partial charge in [-0.2, -0.15) is 4.98 Å². The molecule has 4 aromatic rings. The Labute approximate surface area is 202 Å². The fourth-order valence-electron chi connectivity index (χ4n) is 4.03. The molecular formula is C26H26N6O3. The van der Waals surface area contributed by atoms with Crippen LogP contribution in [-0.2, 0) is 12.8 Å². The molecule has 0 spiro atoms. The summed E-state index contributed by atoms with van der Waals surface area (Å²) in [5.41, 5.74) is 4.49. The third-order valence-electron chi connectivity index (χ3n) is 5.78. The maximum absolute atomic E-state index is 12.7. The Morgan fingerprint density at radius 1 is 0.914 bits per heavy atom. The molecule has 0 atom stereocenters. The lowest BCUT2D eigenvalue weighted by atomic mass is 9.96. The third kappa shape index (κ3) is 5.24. The van der Waals surface area contributed by atoms with Crippen molar-refractivity contribution in [1.29, 1.82) is 0 Å². The van der Waals surface area contributed by atoms with Gasteiger partial charge >= 0.3 is 0 Å². The van der Waals surface area contributed by atoms with Crippen LogP contribution in [0.3, 0.4) is 0 Å². The van der Waals surface area contributed by atoms with Gasteiger partial charge in [-0.25, -0.2) is 4.98 Å². The van der Waals surface area contributed by atoms with E-state index in [1.54, 1.807) is 7.11 Å². The fourth-order valence-corrected chi connectivity index (χ4v) is 4.03. The van der Waals surface area contributed by atoms with Crippen LogP contribution in [0.2, 0.25) is 0 Å². The van der Waals surface area contributed by atoms with Crippen LogP contribution in [0.15, 0.2) is 59.1 Å². The van der Waals surface area contributed by atoms with Crippen LogP contribution in [0.4, 0.5) is 28.8 Å². The Balaban J connectivity index is 1.24. The van der Waals surface area contributed by atoms with Crippen molar-refractivity contribution in [3.8, 4) is 5.75 Å². The SMILES string of the molecule is COc1ccc(Nc2cc(C)nc(Nc3ccc(NC(=O)c4noc5c4CCCC5)cc3)n2)cc1. The predicted octanol–water partition coefficient (Wildman–Crippen LogP) is 5.40. The Morgan fingerprint density at radius 3 is 2.37 bits per heavy atom. The van der Waals surface area contributed by atoms with Crippen molar-refractivity contribution in [2.45, 2.75) is 32.6 Å². The molecule has 0 fully saturated rings. The summed E-state index contributed by atoms with van der Waals surface area (Å²) in [6, 6.07) is 16.8. The molecule has 0 radical (unpaired) electrons. The fraction of sp³-hybridized carbons (Fsp3) is 0.231. The number of ether oxygens (including phenoxy) is 1. The standard InChI is InChI=1S/C26H26N6O3/c1-16-15-23(28-17-11-13-20(34-2)14-12-17)31-26(27-16)30-19-9-7-18(8-10-19)29-25(33)24-21-5-3-4-6-22(21)35-32-24/h7-15H,3-6H2,1-2H3,(H,29,33)(H2,27,28,30,31). The van der Waals surface area contributed by atoms with Crippen molar-refractivity contribution in [2.24, 2.45) is 0 Å². The van der Waals surface area contributed by atoms with Crippen molar-refractivity contribution in [1.82, 2.24) is 15.1 Å². The number of hydrogen-bond donors (Lipinski definition) is 3. The van der Waals surface area contributed by atoms with Gasteiger partial charge in [0.25, 0.3) is 5.91 Å². The first-order valence-corrected chi connectivity index (χ1v) is 11.5. The maximum Gasteiger partial charge on any atom is 0.278 e. The highest BCUT2D eigenvalue weighted by atomic mass is 16.5. The van der Waals surface area contributed by atoms with Crippen LogP contribution >= 0.6 is 0 Å². The monoisotopic (exact) mass is 470 g/mol. The Bertz CT molecular complexity index is 1330. The molecule has 0 saturated heterocycles. The van der Waals surface area contributed by atoms with Gasteiger partial charge in [-0.05, 0) is 74.7 Å². The normalized spacial score (nSPS) is 12.5. The van der Waals surface area contributed by atoms with Gasteiger partial charge < -0.3 is 25.2 Å². The molecular weight excluding hydrogens is 444 g/mol. The zero-order chi connectivity index (χ0) is 24.2. The molecule has 0 bridgehead atoms. The molecule has 5 rings (SSSR count). The van der Waals surface area contributed by atoms with Gasteiger partial charge in [-0.1, -0.05) is 5.16 Å². The van der Waals surface area contributed by atoms with Gasteiger partial charge in [-0.3, -0.25) is 4.79 Å². The molecule has 35 heavy (non-hydrogen) atoms. The first-order valence-electron chi connectivity index (χ1n) is 11.5. The zero-order valence-electron chi connectivity index (χ0n) is 19.6. The van der Waals surface area contributed by atoms with E-state index in [1.807, 2.05) is 61.5 Å². The van der Waals surface area contributed by atoms with Crippen molar-refractivity contribution < 1.29 is 14.1 Å². The Morgan fingerprint density at radius 2 is 1.60 bits per heavy atom. The number of aromatic nitrogens is 3. The van der Waals surface area contributed by atoms with E-state index >= 15 is 0 Å². The van der Waals surface area contributed by atoms with E-state index in [4.69, 9.17) is 9.26 Å². The lowest BCUT2D eigenvalue weighted by Gasteiger charge is -2.11. The van der Waals surface area contributed by atoms with Crippen LogP contribution in [0.5, 0.6) is 5.75 Å². The summed E-state index contributed by atoms with van der Waals surface area (Å²) >= 11 is 0. The van der Waals surface area contributed by atoms with E-state index in [-0.39, 0.29) is 5.91 Å². The smallest absolute Gasteiger partial charge is 0.278 e. The number of carbonyl (C=O) groups excluding carboxylic acids is 1. The van der Waals surface area contributed by atoms with Gasteiger partial charge in [0.15, 0.2) is 5.69 Å². The average Bonchev–Trinajstić information content (AvgIpc) is 3.30. The summed E-state index contributed by atoms with van der Waals surface area (Å²) in [4.78, 5) is 21.7. The predicted molar refractivity (Wildman–Crippen MR) is 134 cm³/mol. The number of carbonyl (C=O) groups is 1. The number of methoxy groups -OCH3 is 1. The maximum atomic E-state index is 12.7. The van der Waals surface area contributed by atoms with Crippen molar-refractivity contribution >= 4 is 34.7 Å². The second-order valence-corrected chi connectivity index (χ2v) is 8.37. The van der Waals surface area contributed by atoms with Crippen LogP contribution in [0.1, 0.15) is 40.3 Å². The first-order chi connectivity index (χ1) is 17.1. The number of benzene rings is 2. The van der Waals surface area contributed by atoms with Crippen LogP contribution in [-0.4, -0.2) is 28.1 Å². The summed E-state index contributed by atoms with van der Waals surface area (Å²) in [7, 11) is 1.64. The second-order valence-electron chi connectivity index (χ2n) is 8.37. The molecule has 0 aliphatic heterocycles. The highest BCUT2D eigenvalue weighted by molar-refractivity contribution is 6.04. The Kier molecular flexibility index (Phi) is 6.30. The highest BCUT2D eigenvalue weighted by Gasteiger charge is 2.24. The quantitative estimate of drug-likeness (QED) is 0.329. The number of rotatable bonds is 7. The second kappa shape index (κ2) is 9.84. The van der Waals surface area contributed by atoms with Gasteiger partial charge in [0.1, 0.15) is 17.3 Å². The lowest BCUT2D eigenvalue weighted by Crippen LogP contribution is -2.15. The molecule has 0 unspecified atom stereocenters. The van der Waals surface area contributed by atoms with E-state index in [1.165, 1.54) is 0 Å².